The van der Waals surface area contributed by atoms with Crippen LogP contribution in [0.3, 0.4) is 0 Å². The van der Waals surface area contributed by atoms with Gasteiger partial charge in [0.25, 0.3) is 5.91 Å². The number of nitrogens with two attached hydrogens (primary N) is 1. The maximum Gasteiger partial charge on any atom is 0.259 e. The molecule has 0 saturated carbocycles. The summed E-state index contributed by atoms with van der Waals surface area (Å²) in [4.78, 5) is 16.4. The Morgan fingerprint density at radius 1 is 1.00 bits per heavy atom. The van der Waals surface area contributed by atoms with Crippen molar-refractivity contribution in [2.45, 2.75) is 0 Å². The minimum Gasteiger partial charge on any atom is -0.323 e. The Labute approximate surface area is 121 Å². The van der Waals surface area contributed by atoms with Crippen molar-refractivity contribution < 1.29 is 4.79 Å². The molecule has 104 valence electrons. The number of carbonyl (C=O) groups excluding carboxylic acids is 1. The number of anilines is 2. The van der Waals surface area contributed by atoms with E-state index in [1.165, 1.54) is 6.20 Å². The number of amides is 1. The second kappa shape index (κ2) is 5.60. The van der Waals surface area contributed by atoms with Crippen LogP contribution in [0, 0.1) is 0 Å². The molecular weight excluding hydrogens is 264 g/mol. The fraction of sp³-hybridized carbons (Fsp3) is 0. The molecule has 1 amide bonds. The topological polar surface area (TPSA) is 80.0 Å². The number of nitrogen functional groups attached to an aromatic ring is 1. The molecule has 2 aromatic carbocycles. The van der Waals surface area contributed by atoms with Gasteiger partial charge in [0.15, 0.2) is 0 Å². The second-order valence-electron chi connectivity index (χ2n) is 4.55. The molecule has 0 aliphatic heterocycles. The lowest BCUT2D eigenvalue weighted by molar-refractivity contribution is 0.102. The number of hydrogen-bond donors (Lipinski definition) is 3. The van der Waals surface area contributed by atoms with E-state index in [1.807, 2.05) is 42.5 Å². The molecule has 0 saturated heterocycles. The van der Waals surface area contributed by atoms with E-state index in [-0.39, 0.29) is 5.91 Å². The van der Waals surface area contributed by atoms with Crippen molar-refractivity contribution in [2.24, 2.45) is 5.84 Å². The van der Waals surface area contributed by atoms with Gasteiger partial charge in [0.2, 0.25) is 0 Å². The zero-order chi connectivity index (χ0) is 14.7. The summed E-state index contributed by atoms with van der Waals surface area (Å²) < 4.78 is 0. The van der Waals surface area contributed by atoms with Crippen molar-refractivity contribution >= 4 is 28.1 Å². The summed E-state index contributed by atoms with van der Waals surface area (Å²) in [6.45, 7) is 0. The molecule has 0 bridgehead atoms. The summed E-state index contributed by atoms with van der Waals surface area (Å²) in [5.74, 6) is 5.16. The zero-order valence-electron chi connectivity index (χ0n) is 11.2. The van der Waals surface area contributed by atoms with Crippen LogP contribution in [0.4, 0.5) is 11.4 Å². The number of carbonyl (C=O) groups is 1. The fourth-order valence-electron chi connectivity index (χ4n) is 2.23. The van der Waals surface area contributed by atoms with Gasteiger partial charge < -0.3 is 10.7 Å². The SMILES string of the molecule is NNc1ccncc1C(=O)Nc1cccc2ccccc12. The minimum atomic E-state index is -0.257. The molecule has 5 nitrogen and oxygen atoms in total. The van der Waals surface area contributed by atoms with Gasteiger partial charge in [0, 0.05) is 23.5 Å². The molecule has 0 aliphatic carbocycles. The largest absolute Gasteiger partial charge is 0.323 e. The quantitative estimate of drug-likeness (QED) is 0.508. The van der Waals surface area contributed by atoms with Crippen molar-refractivity contribution in [3.05, 3.63) is 66.5 Å². The van der Waals surface area contributed by atoms with Gasteiger partial charge in [0.05, 0.1) is 11.3 Å². The number of nitrogens with zero attached hydrogens (tertiary/aromatic N) is 1. The monoisotopic (exact) mass is 278 g/mol. The molecule has 1 heterocycles. The summed E-state index contributed by atoms with van der Waals surface area (Å²) in [6, 6.07) is 15.3. The van der Waals surface area contributed by atoms with E-state index < -0.39 is 0 Å². The highest BCUT2D eigenvalue weighted by Gasteiger charge is 2.12. The Hall–Kier alpha value is -2.92. The summed E-state index contributed by atoms with van der Waals surface area (Å²) in [6.07, 6.45) is 3.06. The number of hydrogen-bond acceptors (Lipinski definition) is 4. The van der Waals surface area contributed by atoms with Gasteiger partial charge in [-0.15, -0.1) is 0 Å². The van der Waals surface area contributed by atoms with Crippen LogP contribution >= 0.6 is 0 Å². The number of nitrogens with one attached hydrogen (secondary N) is 2. The first-order chi connectivity index (χ1) is 10.3. The van der Waals surface area contributed by atoms with Gasteiger partial charge in [0.1, 0.15) is 0 Å². The first-order valence-corrected chi connectivity index (χ1v) is 6.49. The molecular formula is C16H14N4O. The summed E-state index contributed by atoms with van der Waals surface area (Å²) in [5, 5.41) is 4.96. The van der Waals surface area contributed by atoms with Crippen molar-refractivity contribution in [1.82, 2.24) is 4.98 Å². The van der Waals surface area contributed by atoms with Crippen LogP contribution in [0.5, 0.6) is 0 Å². The average molecular weight is 278 g/mol. The van der Waals surface area contributed by atoms with Crippen LogP contribution < -0.4 is 16.6 Å². The lowest BCUT2D eigenvalue weighted by Gasteiger charge is -2.11. The first kappa shape index (κ1) is 13.1. The van der Waals surface area contributed by atoms with Gasteiger partial charge in [-0.25, -0.2) is 0 Å². The van der Waals surface area contributed by atoms with E-state index in [0.717, 1.165) is 16.5 Å². The Morgan fingerprint density at radius 3 is 2.67 bits per heavy atom. The highest BCUT2D eigenvalue weighted by atomic mass is 16.1. The van der Waals surface area contributed by atoms with Crippen LogP contribution in [-0.2, 0) is 0 Å². The average Bonchev–Trinajstić information content (AvgIpc) is 2.55. The van der Waals surface area contributed by atoms with Crippen LogP contribution in [0.15, 0.2) is 60.9 Å². The molecule has 3 rings (SSSR count). The predicted molar refractivity (Wildman–Crippen MR) is 83.9 cm³/mol. The van der Waals surface area contributed by atoms with Gasteiger partial charge in [-0.2, -0.15) is 0 Å². The van der Waals surface area contributed by atoms with E-state index in [4.69, 9.17) is 5.84 Å². The molecule has 1 aromatic heterocycles. The molecule has 0 aliphatic rings. The van der Waals surface area contributed by atoms with E-state index in [9.17, 15) is 4.79 Å². The van der Waals surface area contributed by atoms with E-state index in [0.29, 0.717) is 11.3 Å². The van der Waals surface area contributed by atoms with E-state index in [2.05, 4.69) is 15.7 Å². The maximum atomic E-state index is 12.4. The molecule has 0 unspecified atom stereocenters. The third-order valence-electron chi connectivity index (χ3n) is 3.26. The molecule has 3 aromatic rings. The lowest BCUT2D eigenvalue weighted by atomic mass is 10.1. The number of pyridine rings is 1. The fourth-order valence-corrected chi connectivity index (χ4v) is 2.23. The standard InChI is InChI=1S/C16H14N4O/c17-20-15-8-9-18-10-13(15)16(21)19-14-7-3-5-11-4-1-2-6-12(11)14/h1-10H,17H2,(H,18,20)(H,19,21). The summed E-state index contributed by atoms with van der Waals surface area (Å²) in [5.41, 5.74) is 4.18. The Kier molecular flexibility index (Phi) is 3.49. The number of rotatable bonds is 3. The molecule has 0 atom stereocenters. The smallest absolute Gasteiger partial charge is 0.259 e. The van der Waals surface area contributed by atoms with E-state index >= 15 is 0 Å². The lowest BCUT2D eigenvalue weighted by Crippen LogP contribution is -2.17. The van der Waals surface area contributed by atoms with Gasteiger partial charge in [-0.05, 0) is 17.5 Å². The number of fused-ring (bicyclic) bond motifs is 1. The molecule has 4 N–H and O–H groups in total. The normalized spacial score (nSPS) is 10.3. The predicted octanol–water partition coefficient (Wildman–Crippen LogP) is 2.77. The van der Waals surface area contributed by atoms with Crippen LogP contribution in [0.1, 0.15) is 10.4 Å². The van der Waals surface area contributed by atoms with E-state index in [1.54, 1.807) is 12.3 Å². The van der Waals surface area contributed by atoms with Crippen LogP contribution in [0.2, 0.25) is 0 Å². The Bertz CT molecular complexity index is 796. The highest BCUT2D eigenvalue weighted by molar-refractivity contribution is 6.11. The van der Waals surface area contributed by atoms with Gasteiger partial charge >= 0.3 is 0 Å². The maximum absolute atomic E-state index is 12.4. The van der Waals surface area contributed by atoms with Crippen molar-refractivity contribution in [1.29, 1.82) is 0 Å². The molecule has 5 heteroatoms. The molecule has 0 fully saturated rings. The van der Waals surface area contributed by atoms with Crippen molar-refractivity contribution in [3.63, 3.8) is 0 Å². The van der Waals surface area contributed by atoms with Gasteiger partial charge in [-0.1, -0.05) is 36.4 Å². The summed E-state index contributed by atoms with van der Waals surface area (Å²) in [7, 11) is 0. The number of benzene rings is 2. The summed E-state index contributed by atoms with van der Waals surface area (Å²) >= 11 is 0. The third-order valence-corrected chi connectivity index (χ3v) is 3.26. The third kappa shape index (κ3) is 2.54. The molecule has 0 radical (unpaired) electrons. The Balaban J connectivity index is 1.97. The number of aromatic nitrogens is 1. The minimum absolute atomic E-state index is 0.257. The highest BCUT2D eigenvalue weighted by Crippen LogP contribution is 2.24. The van der Waals surface area contributed by atoms with Crippen molar-refractivity contribution in [3.8, 4) is 0 Å². The van der Waals surface area contributed by atoms with Gasteiger partial charge in [-0.3, -0.25) is 15.6 Å². The van der Waals surface area contributed by atoms with Crippen LogP contribution in [0.25, 0.3) is 10.8 Å². The van der Waals surface area contributed by atoms with Crippen molar-refractivity contribution in [2.75, 3.05) is 10.7 Å². The van der Waals surface area contributed by atoms with Crippen LogP contribution in [-0.4, -0.2) is 10.9 Å². The second-order valence-corrected chi connectivity index (χ2v) is 4.55. The molecule has 0 spiro atoms. The zero-order valence-corrected chi connectivity index (χ0v) is 11.2. The molecule has 21 heavy (non-hydrogen) atoms. The Morgan fingerprint density at radius 2 is 1.81 bits per heavy atom. The first-order valence-electron chi connectivity index (χ1n) is 6.49. The number of hydrazine groups is 1.